The van der Waals surface area contributed by atoms with Crippen molar-refractivity contribution in [3.05, 3.63) is 28.3 Å². The van der Waals surface area contributed by atoms with Crippen LogP contribution in [0.25, 0.3) is 0 Å². The third-order valence-corrected chi connectivity index (χ3v) is 7.00. The van der Waals surface area contributed by atoms with Crippen LogP contribution in [0.15, 0.2) is 23.1 Å². The van der Waals surface area contributed by atoms with E-state index in [1.807, 2.05) is 6.92 Å². The number of nitrogens with zero attached hydrogens (tertiary/aromatic N) is 2. The lowest BCUT2D eigenvalue weighted by Crippen LogP contribution is -2.39. The van der Waals surface area contributed by atoms with Crippen molar-refractivity contribution in [1.29, 1.82) is 0 Å². The van der Waals surface area contributed by atoms with E-state index in [4.69, 9.17) is 0 Å². The molecular weight excluding hydrogens is 342 g/mol. The number of sulfonamides is 1. The molecule has 7 nitrogen and oxygen atoms in total. The third-order valence-electron chi connectivity index (χ3n) is 5.14. The molecule has 25 heavy (non-hydrogen) atoms. The van der Waals surface area contributed by atoms with Crippen LogP contribution in [-0.2, 0) is 10.0 Å². The molecule has 1 N–H and O–H groups in total. The zero-order valence-electron chi connectivity index (χ0n) is 14.5. The number of rotatable bonds is 5. The minimum atomic E-state index is -3.69. The van der Waals surface area contributed by atoms with Crippen LogP contribution in [0.5, 0.6) is 0 Å². The van der Waals surface area contributed by atoms with Crippen molar-refractivity contribution in [2.24, 2.45) is 5.92 Å². The Labute approximate surface area is 148 Å². The van der Waals surface area contributed by atoms with Gasteiger partial charge in [-0.05, 0) is 43.7 Å². The fourth-order valence-electron chi connectivity index (χ4n) is 3.75. The molecule has 138 valence electrons. The summed E-state index contributed by atoms with van der Waals surface area (Å²) in [5.74, 6) is 0.307. The molecule has 8 heteroatoms. The number of hydrogen-bond acceptors (Lipinski definition) is 5. The lowest BCUT2D eigenvalue weighted by Gasteiger charge is -2.30. The van der Waals surface area contributed by atoms with Gasteiger partial charge >= 0.3 is 0 Å². The van der Waals surface area contributed by atoms with E-state index in [9.17, 15) is 18.5 Å². The summed E-state index contributed by atoms with van der Waals surface area (Å²) in [7, 11) is -3.69. The van der Waals surface area contributed by atoms with E-state index < -0.39 is 14.9 Å². The minimum Gasteiger partial charge on any atom is -0.377 e. The summed E-state index contributed by atoms with van der Waals surface area (Å²) in [4.78, 5) is 11.0. The van der Waals surface area contributed by atoms with Gasteiger partial charge in [-0.15, -0.1) is 0 Å². The van der Waals surface area contributed by atoms with Gasteiger partial charge in [0.1, 0.15) is 5.69 Å². The minimum absolute atomic E-state index is 0.00488. The highest BCUT2D eigenvalue weighted by Crippen LogP contribution is 2.32. The van der Waals surface area contributed by atoms with Crippen LogP contribution in [-0.4, -0.2) is 36.8 Å². The second-order valence-corrected chi connectivity index (χ2v) is 9.11. The standard InChI is InChI=1S/C17H25N3O4S/c1-13-5-4-10-19(12-13)25(23,24)15-8-9-16(17(11-15)20(21)22)18-14-6-2-3-7-14/h8-9,11,13-14,18H,2-7,10,12H2,1H3/t13-/m0/s1. The van der Waals surface area contributed by atoms with Crippen LogP contribution in [0.1, 0.15) is 45.4 Å². The van der Waals surface area contributed by atoms with Gasteiger partial charge in [-0.3, -0.25) is 10.1 Å². The molecule has 0 radical (unpaired) electrons. The highest BCUT2D eigenvalue weighted by Gasteiger charge is 2.31. The number of piperidine rings is 1. The van der Waals surface area contributed by atoms with Gasteiger partial charge in [-0.1, -0.05) is 19.8 Å². The zero-order valence-corrected chi connectivity index (χ0v) is 15.3. The van der Waals surface area contributed by atoms with E-state index >= 15 is 0 Å². The Kier molecular flexibility index (Phi) is 5.29. The molecule has 1 saturated heterocycles. The second kappa shape index (κ2) is 7.29. The first kappa shape index (κ1) is 18.1. The predicted octanol–water partition coefficient (Wildman–Crippen LogP) is 3.37. The molecule has 3 rings (SSSR count). The molecule has 1 heterocycles. The maximum absolute atomic E-state index is 12.8. The van der Waals surface area contributed by atoms with Crippen LogP contribution in [0.4, 0.5) is 11.4 Å². The molecule has 1 aliphatic heterocycles. The van der Waals surface area contributed by atoms with Crippen molar-refractivity contribution in [3.63, 3.8) is 0 Å². The smallest absolute Gasteiger partial charge is 0.293 e. The first-order valence-corrected chi connectivity index (χ1v) is 10.4. The summed E-state index contributed by atoms with van der Waals surface area (Å²) >= 11 is 0. The van der Waals surface area contributed by atoms with E-state index in [0.29, 0.717) is 24.7 Å². The first-order valence-electron chi connectivity index (χ1n) is 8.93. The lowest BCUT2D eigenvalue weighted by molar-refractivity contribution is -0.384. The van der Waals surface area contributed by atoms with E-state index in [-0.39, 0.29) is 16.6 Å². The Bertz CT molecular complexity index is 744. The highest BCUT2D eigenvalue weighted by molar-refractivity contribution is 7.89. The van der Waals surface area contributed by atoms with Gasteiger partial charge in [-0.2, -0.15) is 4.31 Å². The molecule has 1 saturated carbocycles. The van der Waals surface area contributed by atoms with Gasteiger partial charge in [0.05, 0.1) is 9.82 Å². The molecule has 2 fully saturated rings. The van der Waals surface area contributed by atoms with Crippen LogP contribution in [0.2, 0.25) is 0 Å². The Hall–Kier alpha value is -1.67. The number of benzene rings is 1. The van der Waals surface area contributed by atoms with Gasteiger partial charge in [0, 0.05) is 25.2 Å². The van der Waals surface area contributed by atoms with Crippen molar-refractivity contribution in [3.8, 4) is 0 Å². The maximum atomic E-state index is 12.8. The van der Waals surface area contributed by atoms with Gasteiger partial charge in [-0.25, -0.2) is 8.42 Å². The number of nitro benzene ring substituents is 1. The predicted molar refractivity (Wildman–Crippen MR) is 96.1 cm³/mol. The summed E-state index contributed by atoms with van der Waals surface area (Å²) in [6.45, 7) is 2.97. The van der Waals surface area contributed by atoms with Crippen molar-refractivity contribution in [2.75, 3.05) is 18.4 Å². The summed E-state index contributed by atoms with van der Waals surface area (Å²) < 4.78 is 27.1. The van der Waals surface area contributed by atoms with Gasteiger partial charge < -0.3 is 5.32 Å². The summed E-state index contributed by atoms with van der Waals surface area (Å²) in [6, 6.07) is 4.45. The Morgan fingerprint density at radius 2 is 1.92 bits per heavy atom. The van der Waals surface area contributed by atoms with Gasteiger partial charge in [0.2, 0.25) is 10.0 Å². The SMILES string of the molecule is C[C@H]1CCCN(S(=O)(=O)c2ccc(NC3CCCC3)c([N+](=O)[O-])c2)C1. The van der Waals surface area contributed by atoms with Gasteiger partial charge in [0.15, 0.2) is 0 Å². The molecule has 0 bridgehead atoms. The van der Waals surface area contributed by atoms with Crippen LogP contribution in [0, 0.1) is 16.0 Å². The Morgan fingerprint density at radius 3 is 2.56 bits per heavy atom. The quantitative estimate of drug-likeness (QED) is 0.636. The number of hydrogen-bond donors (Lipinski definition) is 1. The molecule has 1 aromatic rings. The molecule has 1 aliphatic carbocycles. The summed E-state index contributed by atoms with van der Waals surface area (Å²) in [5.41, 5.74) is 0.237. The van der Waals surface area contributed by atoms with Crippen molar-refractivity contribution in [2.45, 2.75) is 56.4 Å². The normalized spacial score (nSPS) is 22.8. The van der Waals surface area contributed by atoms with Crippen LogP contribution >= 0.6 is 0 Å². The molecule has 1 atom stereocenters. The molecule has 0 aromatic heterocycles. The van der Waals surface area contributed by atoms with Crippen molar-refractivity contribution in [1.82, 2.24) is 4.31 Å². The second-order valence-electron chi connectivity index (χ2n) is 7.17. The van der Waals surface area contributed by atoms with E-state index in [0.717, 1.165) is 38.5 Å². The largest absolute Gasteiger partial charge is 0.377 e. The average Bonchev–Trinajstić information content (AvgIpc) is 3.08. The van der Waals surface area contributed by atoms with Crippen molar-refractivity contribution >= 4 is 21.4 Å². The fraction of sp³-hybridized carbons (Fsp3) is 0.647. The maximum Gasteiger partial charge on any atom is 0.293 e. The van der Waals surface area contributed by atoms with E-state index in [2.05, 4.69) is 5.32 Å². The first-order chi connectivity index (χ1) is 11.9. The van der Waals surface area contributed by atoms with Crippen LogP contribution in [0.3, 0.4) is 0 Å². The number of nitrogens with one attached hydrogen (secondary N) is 1. The lowest BCUT2D eigenvalue weighted by atomic mass is 10.0. The van der Waals surface area contributed by atoms with Crippen molar-refractivity contribution < 1.29 is 13.3 Å². The molecule has 2 aliphatic rings. The molecule has 0 spiro atoms. The van der Waals surface area contributed by atoms with E-state index in [1.165, 1.54) is 22.5 Å². The molecular formula is C17H25N3O4S. The monoisotopic (exact) mass is 367 g/mol. The number of nitro groups is 1. The van der Waals surface area contributed by atoms with Crippen LogP contribution < -0.4 is 5.32 Å². The topological polar surface area (TPSA) is 92.6 Å². The molecule has 1 aromatic carbocycles. The Balaban J connectivity index is 1.88. The summed E-state index contributed by atoms with van der Waals surface area (Å²) in [6.07, 6.45) is 6.04. The summed E-state index contributed by atoms with van der Waals surface area (Å²) in [5, 5.41) is 14.7. The number of anilines is 1. The average molecular weight is 367 g/mol. The Morgan fingerprint density at radius 1 is 1.20 bits per heavy atom. The third kappa shape index (κ3) is 3.95. The highest BCUT2D eigenvalue weighted by atomic mass is 32.2. The van der Waals surface area contributed by atoms with E-state index in [1.54, 1.807) is 0 Å². The zero-order chi connectivity index (χ0) is 18.0. The van der Waals surface area contributed by atoms with Gasteiger partial charge in [0.25, 0.3) is 5.69 Å². The molecule has 0 amide bonds. The fourth-order valence-corrected chi connectivity index (χ4v) is 5.37. The molecule has 0 unspecified atom stereocenters.